The Labute approximate surface area is 176 Å². The van der Waals surface area contributed by atoms with Crippen LogP contribution in [0.2, 0.25) is 0 Å². The second-order valence-electron chi connectivity index (χ2n) is 7.51. The van der Waals surface area contributed by atoms with Gasteiger partial charge < -0.3 is 14.5 Å². The number of para-hydroxylation sites is 2. The van der Waals surface area contributed by atoms with Crippen LogP contribution < -0.4 is 9.64 Å². The van der Waals surface area contributed by atoms with Crippen molar-refractivity contribution in [1.29, 1.82) is 0 Å². The third-order valence-electron chi connectivity index (χ3n) is 5.47. The molecule has 2 aromatic carbocycles. The van der Waals surface area contributed by atoms with Crippen molar-refractivity contribution in [3.8, 4) is 5.75 Å². The van der Waals surface area contributed by atoms with Gasteiger partial charge in [0.25, 0.3) is 11.8 Å². The molecule has 6 heteroatoms. The molecule has 5 nitrogen and oxygen atoms in total. The van der Waals surface area contributed by atoms with Gasteiger partial charge in [0, 0.05) is 24.4 Å². The Morgan fingerprint density at radius 3 is 2.48 bits per heavy atom. The van der Waals surface area contributed by atoms with Crippen LogP contribution in [-0.2, 0) is 10.5 Å². The van der Waals surface area contributed by atoms with Crippen LogP contribution in [-0.4, -0.2) is 48.7 Å². The van der Waals surface area contributed by atoms with Gasteiger partial charge in [-0.1, -0.05) is 24.3 Å². The summed E-state index contributed by atoms with van der Waals surface area (Å²) in [5, 5.41) is 0. The molecule has 1 atom stereocenters. The number of carbonyl (C=O) groups excluding carboxylic acids is 2. The molecule has 152 valence electrons. The van der Waals surface area contributed by atoms with E-state index in [4.69, 9.17) is 4.74 Å². The summed E-state index contributed by atoms with van der Waals surface area (Å²) in [6.07, 6.45) is 4.61. The van der Waals surface area contributed by atoms with Gasteiger partial charge in [0.1, 0.15) is 5.75 Å². The Balaban J connectivity index is 1.59. The number of hydrogen-bond donors (Lipinski definition) is 0. The van der Waals surface area contributed by atoms with Crippen LogP contribution in [0.25, 0.3) is 0 Å². The Morgan fingerprint density at radius 1 is 1.03 bits per heavy atom. The van der Waals surface area contributed by atoms with Gasteiger partial charge >= 0.3 is 0 Å². The Morgan fingerprint density at radius 2 is 1.76 bits per heavy atom. The Hall–Kier alpha value is -2.47. The summed E-state index contributed by atoms with van der Waals surface area (Å²) >= 11 is 1.75. The first-order valence-corrected chi connectivity index (χ1v) is 11.5. The first-order chi connectivity index (χ1) is 14.2. The van der Waals surface area contributed by atoms with Crippen molar-refractivity contribution >= 4 is 29.3 Å². The molecule has 1 fully saturated rings. The van der Waals surface area contributed by atoms with E-state index in [0.717, 1.165) is 38.1 Å². The lowest BCUT2D eigenvalue weighted by molar-refractivity contribution is -0.139. The fourth-order valence-corrected chi connectivity index (χ4v) is 4.47. The van der Waals surface area contributed by atoms with E-state index in [1.807, 2.05) is 53.4 Å². The number of rotatable bonds is 4. The highest BCUT2D eigenvalue weighted by molar-refractivity contribution is 7.97. The lowest BCUT2D eigenvalue weighted by Crippen LogP contribution is -2.52. The van der Waals surface area contributed by atoms with E-state index in [2.05, 4.69) is 6.26 Å². The highest BCUT2D eigenvalue weighted by Gasteiger charge is 2.36. The predicted molar refractivity (Wildman–Crippen MR) is 117 cm³/mol. The zero-order chi connectivity index (χ0) is 20.2. The highest BCUT2D eigenvalue weighted by atomic mass is 32.2. The van der Waals surface area contributed by atoms with Crippen LogP contribution in [0.3, 0.4) is 0 Å². The average molecular weight is 411 g/mol. The molecule has 4 rings (SSSR count). The second kappa shape index (κ2) is 8.91. The topological polar surface area (TPSA) is 49.9 Å². The number of fused-ring (bicyclic) bond motifs is 1. The normalized spacial score (nSPS) is 18.7. The molecule has 0 radical (unpaired) electrons. The zero-order valence-electron chi connectivity index (χ0n) is 16.7. The number of likely N-dealkylation sites (tertiary alicyclic amines) is 1. The number of hydrogen-bond acceptors (Lipinski definition) is 4. The van der Waals surface area contributed by atoms with Crippen molar-refractivity contribution in [1.82, 2.24) is 4.90 Å². The van der Waals surface area contributed by atoms with Crippen LogP contribution in [0.5, 0.6) is 5.75 Å². The van der Waals surface area contributed by atoms with Crippen molar-refractivity contribution in [2.24, 2.45) is 0 Å². The SMILES string of the molecule is CSCc1ccc(C(=O)N2C[C@@H](C(=O)N3CCCCC3)Oc3ccccc32)cc1. The smallest absolute Gasteiger partial charge is 0.265 e. The number of thioether (sulfide) groups is 1. The summed E-state index contributed by atoms with van der Waals surface area (Å²) in [4.78, 5) is 29.9. The van der Waals surface area contributed by atoms with Gasteiger partial charge in [0.05, 0.1) is 12.2 Å². The average Bonchev–Trinajstić information content (AvgIpc) is 2.78. The van der Waals surface area contributed by atoms with Gasteiger partial charge in [-0.25, -0.2) is 0 Å². The number of anilines is 1. The van der Waals surface area contributed by atoms with Crippen LogP contribution in [0, 0.1) is 0 Å². The predicted octanol–water partition coefficient (Wildman–Crippen LogP) is 3.97. The maximum absolute atomic E-state index is 13.3. The molecule has 0 aromatic heterocycles. The molecule has 2 heterocycles. The van der Waals surface area contributed by atoms with Gasteiger partial charge in [0.15, 0.2) is 6.10 Å². The Kier molecular flexibility index (Phi) is 6.09. The minimum atomic E-state index is -0.664. The maximum Gasteiger partial charge on any atom is 0.265 e. The molecule has 2 aliphatic heterocycles. The first kappa shape index (κ1) is 19.8. The third kappa shape index (κ3) is 4.27. The van der Waals surface area contributed by atoms with Crippen molar-refractivity contribution in [3.05, 3.63) is 59.7 Å². The summed E-state index contributed by atoms with van der Waals surface area (Å²) in [6.45, 7) is 1.77. The standard InChI is InChI=1S/C23H26N2O3S/c1-29-16-17-9-11-18(12-10-17)22(26)25-15-21(23(27)24-13-5-2-6-14-24)28-20-8-4-3-7-19(20)25/h3-4,7-12,21H,2,5-6,13-16H2,1H3/t21-/m0/s1. The molecular formula is C23H26N2O3S. The molecule has 0 unspecified atom stereocenters. The fraction of sp³-hybridized carbons (Fsp3) is 0.391. The van der Waals surface area contributed by atoms with Crippen LogP contribution in [0.15, 0.2) is 48.5 Å². The zero-order valence-corrected chi connectivity index (χ0v) is 17.5. The van der Waals surface area contributed by atoms with E-state index < -0.39 is 6.10 Å². The molecule has 0 N–H and O–H groups in total. The number of amides is 2. The summed E-state index contributed by atoms with van der Waals surface area (Å²) in [5.74, 6) is 1.38. The van der Waals surface area contributed by atoms with Crippen molar-refractivity contribution in [2.75, 3.05) is 30.8 Å². The molecule has 2 amide bonds. The fourth-order valence-electron chi connectivity index (χ4n) is 3.94. The van der Waals surface area contributed by atoms with E-state index in [1.165, 1.54) is 5.56 Å². The second-order valence-corrected chi connectivity index (χ2v) is 8.37. The summed E-state index contributed by atoms with van der Waals surface area (Å²) in [6, 6.07) is 15.2. The van der Waals surface area contributed by atoms with Crippen molar-refractivity contribution in [3.63, 3.8) is 0 Å². The highest BCUT2D eigenvalue weighted by Crippen LogP contribution is 2.34. The molecule has 29 heavy (non-hydrogen) atoms. The summed E-state index contributed by atoms with van der Waals surface area (Å²) in [5.41, 5.74) is 2.53. The summed E-state index contributed by atoms with van der Waals surface area (Å²) in [7, 11) is 0. The Bertz CT molecular complexity index is 878. The minimum Gasteiger partial charge on any atom is -0.476 e. The number of benzene rings is 2. The van der Waals surface area contributed by atoms with Crippen molar-refractivity contribution < 1.29 is 14.3 Å². The molecule has 2 aliphatic rings. The van der Waals surface area contributed by atoms with Crippen LogP contribution >= 0.6 is 11.8 Å². The van der Waals surface area contributed by atoms with Gasteiger partial charge in [-0.15, -0.1) is 0 Å². The third-order valence-corrected chi connectivity index (χ3v) is 6.10. The molecule has 1 saturated heterocycles. The van der Waals surface area contributed by atoms with Gasteiger partial charge in [-0.05, 0) is 55.3 Å². The first-order valence-electron chi connectivity index (χ1n) is 10.1. The molecule has 0 saturated carbocycles. The quantitative estimate of drug-likeness (QED) is 0.765. The number of ether oxygens (including phenoxy) is 1. The van der Waals surface area contributed by atoms with Gasteiger partial charge in [-0.3, -0.25) is 9.59 Å². The molecule has 0 aliphatic carbocycles. The number of nitrogens with zero attached hydrogens (tertiary/aromatic N) is 2. The number of carbonyl (C=O) groups is 2. The monoisotopic (exact) mass is 410 g/mol. The van der Waals surface area contributed by atoms with Crippen molar-refractivity contribution in [2.45, 2.75) is 31.1 Å². The maximum atomic E-state index is 13.3. The van der Waals surface area contributed by atoms with Gasteiger partial charge in [0.2, 0.25) is 0 Å². The summed E-state index contributed by atoms with van der Waals surface area (Å²) < 4.78 is 6.03. The molecule has 0 bridgehead atoms. The number of piperidine rings is 1. The lowest BCUT2D eigenvalue weighted by Gasteiger charge is -2.37. The van der Waals surface area contributed by atoms with Crippen LogP contribution in [0.4, 0.5) is 5.69 Å². The van der Waals surface area contributed by atoms with E-state index in [-0.39, 0.29) is 18.4 Å². The minimum absolute atomic E-state index is 0.0210. The van der Waals surface area contributed by atoms with E-state index in [0.29, 0.717) is 17.0 Å². The van der Waals surface area contributed by atoms with Crippen LogP contribution in [0.1, 0.15) is 35.2 Å². The van der Waals surface area contributed by atoms with E-state index >= 15 is 0 Å². The molecule has 2 aromatic rings. The van der Waals surface area contributed by atoms with Gasteiger partial charge in [-0.2, -0.15) is 11.8 Å². The molecule has 0 spiro atoms. The van der Waals surface area contributed by atoms with E-state index in [9.17, 15) is 9.59 Å². The molecular weight excluding hydrogens is 384 g/mol. The largest absolute Gasteiger partial charge is 0.476 e. The van der Waals surface area contributed by atoms with E-state index in [1.54, 1.807) is 16.7 Å². The lowest BCUT2D eigenvalue weighted by atomic mass is 10.1.